The fourth-order valence-electron chi connectivity index (χ4n) is 3.42. The second-order valence-electron chi connectivity index (χ2n) is 6.84. The first-order valence-corrected chi connectivity index (χ1v) is 10.8. The molecule has 0 atom stereocenters. The van der Waals surface area contributed by atoms with Crippen molar-refractivity contribution >= 4 is 39.4 Å². The van der Waals surface area contributed by atoms with E-state index in [0.29, 0.717) is 11.6 Å². The molecular weight excluding hydrogens is 394 g/mol. The van der Waals surface area contributed by atoms with E-state index in [1.807, 2.05) is 12.3 Å². The van der Waals surface area contributed by atoms with Crippen LogP contribution in [0.3, 0.4) is 0 Å². The van der Waals surface area contributed by atoms with Crippen LogP contribution in [0.25, 0.3) is 0 Å². The first-order valence-electron chi connectivity index (χ1n) is 9.11. The normalized spacial score (nSPS) is 13.2. The Labute approximate surface area is 170 Å². The molecule has 28 heavy (non-hydrogen) atoms. The number of aromatic nitrogens is 1. The second kappa shape index (κ2) is 7.81. The Morgan fingerprint density at radius 3 is 2.75 bits per heavy atom. The molecule has 0 aliphatic heterocycles. The number of aryl methyl sites for hydroxylation is 2. The van der Waals surface area contributed by atoms with Crippen LogP contribution in [-0.4, -0.2) is 15.8 Å². The van der Waals surface area contributed by atoms with Crippen molar-refractivity contribution in [3.63, 3.8) is 0 Å². The molecule has 6 nitrogen and oxygen atoms in total. The predicted molar refractivity (Wildman–Crippen MR) is 112 cm³/mol. The molecule has 1 aromatic carbocycles. The first-order chi connectivity index (χ1) is 13.5. The Morgan fingerprint density at radius 2 is 2.00 bits per heavy atom. The molecule has 2 aromatic heterocycles. The maximum Gasteiger partial charge on any atom is 0.269 e. The van der Waals surface area contributed by atoms with Gasteiger partial charge >= 0.3 is 0 Å². The number of carbonyl (C=O) groups excluding carboxylic acids is 1. The Hall–Kier alpha value is -2.58. The SMILES string of the molecule is Cc1nc(NC(=O)c2csc3c2CCCC3)sc1Cc1ccc([N+](=O)[O-])cc1. The van der Waals surface area contributed by atoms with E-state index >= 15 is 0 Å². The zero-order chi connectivity index (χ0) is 19.7. The Balaban J connectivity index is 1.47. The number of rotatable bonds is 5. The van der Waals surface area contributed by atoms with Crippen LogP contribution in [0.5, 0.6) is 0 Å². The molecule has 1 amide bonds. The molecule has 0 spiro atoms. The highest BCUT2D eigenvalue weighted by Gasteiger charge is 2.21. The van der Waals surface area contributed by atoms with Gasteiger partial charge in [0.25, 0.3) is 11.6 Å². The first kappa shape index (κ1) is 18.8. The average molecular weight is 414 g/mol. The zero-order valence-corrected chi connectivity index (χ0v) is 17.0. The summed E-state index contributed by atoms with van der Waals surface area (Å²) in [5, 5.41) is 16.3. The van der Waals surface area contributed by atoms with Crippen LogP contribution < -0.4 is 5.32 Å². The number of hydrogen-bond donors (Lipinski definition) is 1. The van der Waals surface area contributed by atoms with Gasteiger partial charge in [-0.25, -0.2) is 4.98 Å². The number of hydrogen-bond acceptors (Lipinski definition) is 6. The van der Waals surface area contributed by atoms with Gasteiger partial charge in [0, 0.05) is 33.7 Å². The van der Waals surface area contributed by atoms with E-state index < -0.39 is 4.92 Å². The molecular formula is C20H19N3O3S2. The molecule has 4 rings (SSSR count). The number of anilines is 1. The fraction of sp³-hybridized carbons (Fsp3) is 0.300. The van der Waals surface area contributed by atoms with E-state index in [0.717, 1.165) is 41.0 Å². The summed E-state index contributed by atoms with van der Waals surface area (Å²) in [5.41, 5.74) is 3.91. The molecule has 0 unspecified atom stereocenters. The van der Waals surface area contributed by atoms with Gasteiger partial charge in [0.1, 0.15) is 0 Å². The highest BCUT2D eigenvalue weighted by molar-refractivity contribution is 7.16. The van der Waals surface area contributed by atoms with E-state index in [2.05, 4.69) is 10.3 Å². The van der Waals surface area contributed by atoms with Crippen molar-refractivity contribution in [1.29, 1.82) is 0 Å². The molecule has 1 aliphatic carbocycles. The Bertz CT molecular complexity index is 1040. The van der Waals surface area contributed by atoms with Crippen LogP contribution in [0.1, 0.15) is 49.8 Å². The van der Waals surface area contributed by atoms with Gasteiger partial charge in [-0.05, 0) is 43.7 Å². The minimum atomic E-state index is -0.404. The standard InChI is InChI=1S/C20H19N3O3S2/c1-12-18(10-13-6-8-14(9-7-13)23(25)26)28-20(21-12)22-19(24)16-11-27-17-5-3-2-4-15(16)17/h6-9,11H,2-5,10H2,1H3,(H,21,22,24). The summed E-state index contributed by atoms with van der Waals surface area (Å²) in [6.07, 6.45) is 5.02. The maximum absolute atomic E-state index is 12.7. The summed E-state index contributed by atoms with van der Waals surface area (Å²) in [7, 11) is 0. The predicted octanol–water partition coefficient (Wildman–Crippen LogP) is 5.14. The van der Waals surface area contributed by atoms with Crippen molar-refractivity contribution in [3.05, 3.63) is 71.9 Å². The molecule has 2 heterocycles. The number of thiophene rings is 1. The maximum atomic E-state index is 12.7. The highest BCUT2D eigenvalue weighted by Crippen LogP contribution is 2.32. The lowest BCUT2D eigenvalue weighted by atomic mass is 9.96. The van der Waals surface area contributed by atoms with Gasteiger partial charge in [-0.15, -0.1) is 22.7 Å². The van der Waals surface area contributed by atoms with E-state index in [1.54, 1.807) is 23.5 Å². The zero-order valence-electron chi connectivity index (χ0n) is 15.4. The number of nitrogens with one attached hydrogen (secondary N) is 1. The number of nitro benzene ring substituents is 1. The minimum Gasteiger partial charge on any atom is -0.298 e. The minimum absolute atomic E-state index is 0.0804. The van der Waals surface area contributed by atoms with Crippen LogP contribution in [-0.2, 0) is 19.3 Å². The number of amides is 1. The lowest BCUT2D eigenvalue weighted by molar-refractivity contribution is -0.384. The van der Waals surface area contributed by atoms with Crippen molar-refractivity contribution in [1.82, 2.24) is 4.98 Å². The summed E-state index contributed by atoms with van der Waals surface area (Å²) >= 11 is 3.13. The van der Waals surface area contributed by atoms with Crippen LogP contribution in [0.2, 0.25) is 0 Å². The molecule has 8 heteroatoms. The van der Waals surface area contributed by atoms with Crippen LogP contribution in [0, 0.1) is 17.0 Å². The largest absolute Gasteiger partial charge is 0.298 e. The molecule has 1 aliphatic rings. The smallest absolute Gasteiger partial charge is 0.269 e. The second-order valence-corrected chi connectivity index (χ2v) is 8.89. The van der Waals surface area contributed by atoms with Crippen molar-refractivity contribution in [2.45, 2.75) is 39.0 Å². The highest BCUT2D eigenvalue weighted by atomic mass is 32.1. The van der Waals surface area contributed by atoms with Crippen LogP contribution >= 0.6 is 22.7 Å². The fourth-order valence-corrected chi connectivity index (χ4v) is 5.53. The summed E-state index contributed by atoms with van der Waals surface area (Å²) in [5.74, 6) is -0.0879. The monoisotopic (exact) mass is 413 g/mol. The summed E-state index contributed by atoms with van der Waals surface area (Å²) < 4.78 is 0. The number of non-ortho nitro benzene ring substituents is 1. The number of benzene rings is 1. The molecule has 0 bridgehead atoms. The van der Waals surface area contributed by atoms with Gasteiger partial charge in [-0.2, -0.15) is 0 Å². The lowest BCUT2D eigenvalue weighted by Crippen LogP contribution is -2.14. The Kier molecular flexibility index (Phi) is 5.23. The number of carbonyl (C=O) groups is 1. The van der Waals surface area contributed by atoms with Gasteiger partial charge in [0.2, 0.25) is 0 Å². The molecule has 0 saturated heterocycles. The number of nitrogens with zero attached hydrogens (tertiary/aromatic N) is 2. The quantitative estimate of drug-likeness (QED) is 0.463. The summed E-state index contributed by atoms with van der Waals surface area (Å²) in [4.78, 5) is 30.0. The molecule has 0 fully saturated rings. The number of nitro groups is 1. The van der Waals surface area contributed by atoms with Crippen LogP contribution in [0.15, 0.2) is 29.6 Å². The summed E-state index contributed by atoms with van der Waals surface area (Å²) in [6.45, 7) is 1.92. The van der Waals surface area contributed by atoms with Gasteiger partial charge < -0.3 is 0 Å². The Morgan fingerprint density at radius 1 is 1.25 bits per heavy atom. The third-order valence-electron chi connectivity index (χ3n) is 4.93. The van der Waals surface area contributed by atoms with Crippen molar-refractivity contribution in [3.8, 4) is 0 Å². The van der Waals surface area contributed by atoms with Crippen molar-refractivity contribution in [2.24, 2.45) is 0 Å². The van der Waals surface area contributed by atoms with E-state index in [4.69, 9.17) is 0 Å². The third kappa shape index (κ3) is 3.83. The molecule has 0 radical (unpaired) electrons. The molecule has 1 N–H and O–H groups in total. The third-order valence-corrected chi connectivity index (χ3v) is 7.09. The summed E-state index contributed by atoms with van der Waals surface area (Å²) in [6, 6.07) is 6.53. The molecule has 3 aromatic rings. The van der Waals surface area contributed by atoms with E-state index in [-0.39, 0.29) is 11.6 Å². The van der Waals surface area contributed by atoms with Crippen molar-refractivity contribution < 1.29 is 9.72 Å². The average Bonchev–Trinajstić information content (AvgIpc) is 3.26. The molecule has 144 valence electrons. The van der Waals surface area contributed by atoms with Gasteiger partial charge in [0.05, 0.1) is 16.2 Å². The van der Waals surface area contributed by atoms with Gasteiger partial charge in [-0.3, -0.25) is 20.2 Å². The van der Waals surface area contributed by atoms with Crippen molar-refractivity contribution in [2.75, 3.05) is 5.32 Å². The van der Waals surface area contributed by atoms with Gasteiger partial charge in [-0.1, -0.05) is 12.1 Å². The number of fused-ring (bicyclic) bond motifs is 1. The van der Waals surface area contributed by atoms with Crippen LogP contribution in [0.4, 0.5) is 10.8 Å². The van der Waals surface area contributed by atoms with E-state index in [1.165, 1.54) is 40.3 Å². The lowest BCUT2D eigenvalue weighted by Gasteiger charge is -2.12. The van der Waals surface area contributed by atoms with Gasteiger partial charge in [0.15, 0.2) is 5.13 Å². The number of thiazole rings is 1. The topological polar surface area (TPSA) is 85.1 Å². The molecule has 0 saturated carbocycles. The van der Waals surface area contributed by atoms with E-state index in [9.17, 15) is 14.9 Å².